The molecule has 0 radical (unpaired) electrons. The molecule has 1 atom stereocenters. The molecular weight excluding hydrogens is 376 g/mol. The predicted octanol–water partition coefficient (Wildman–Crippen LogP) is 4.16. The highest BCUT2D eigenvalue weighted by Gasteiger charge is 2.29. The van der Waals surface area contributed by atoms with E-state index in [0.29, 0.717) is 12.3 Å². The Kier molecular flexibility index (Phi) is 7.50. The van der Waals surface area contributed by atoms with Gasteiger partial charge < -0.3 is 15.0 Å². The smallest absolute Gasteiger partial charge is 0.261 e. The van der Waals surface area contributed by atoms with E-state index in [1.165, 1.54) is 0 Å². The Balaban J connectivity index is 1.71. The molecule has 0 aromatic heterocycles. The number of hydrogen-bond donors (Lipinski definition) is 1. The van der Waals surface area contributed by atoms with E-state index in [4.69, 9.17) is 4.74 Å². The molecular formula is C25H32N2O3. The molecule has 5 heteroatoms. The maximum atomic E-state index is 13.1. The highest BCUT2D eigenvalue weighted by atomic mass is 16.5. The molecule has 0 spiro atoms. The van der Waals surface area contributed by atoms with Gasteiger partial charge >= 0.3 is 0 Å². The lowest BCUT2D eigenvalue weighted by Gasteiger charge is -2.30. The fourth-order valence-electron chi connectivity index (χ4n) is 3.81. The van der Waals surface area contributed by atoms with Crippen LogP contribution in [-0.2, 0) is 16.1 Å². The van der Waals surface area contributed by atoms with Crippen molar-refractivity contribution in [1.29, 1.82) is 0 Å². The fourth-order valence-corrected chi connectivity index (χ4v) is 3.81. The number of carbonyl (C=O) groups is 2. The number of benzene rings is 2. The molecule has 2 amide bonds. The summed E-state index contributed by atoms with van der Waals surface area (Å²) in [5, 5.41) is 3.12. The van der Waals surface area contributed by atoms with Crippen molar-refractivity contribution in [1.82, 2.24) is 10.2 Å². The van der Waals surface area contributed by atoms with Crippen LogP contribution in [0.25, 0.3) is 0 Å². The second-order valence-corrected chi connectivity index (χ2v) is 8.22. The maximum absolute atomic E-state index is 13.1. The third-order valence-corrected chi connectivity index (χ3v) is 5.85. The van der Waals surface area contributed by atoms with Gasteiger partial charge in [0.1, 0.15) is 11.8 Å². The first-order valence-electron chi connectivity index (χ1n) is 10.8. The minimum Gasteiger partial charge on any atom is -0.484 e. The SMILES string of the molecule is Cc1ccc(OCC(=O)N(Cc2ccccc2C)C(C)C(=O)NC2CCCC2)cc1. The summed E-state index contributed by atoms with van der Waals surface area (Å²) < 4.78 is 5.71. The van der Waals surface area contributed by atoms with Crippen LogP contribution in [0.15, 0.2) is 48.5 Å². The molecule has 1 saturated carbocycles. The van der Waals surface area contributed by atoms with Crippen molar-refractivity contribution < 1.29 is 14.3 Å². The number of nitrogens with zero attached hydrogens (tertiary/aromatic N) is 1. The normalized spacial score (nSPS) is 14.9. The molecule has 30 heavy (non-hydrogen) atoms. The van der Waals surface area contributed by atoms with Crippen LogP contribution in [0.2, 0.25) is 0 Å². The second-order valence-electron chi connectivity index (χ2n) is 8.22. The van der Waals surface area contributed by atoms with Gasteiger partial charge in [-0.3, -0.25) is 9.59 Å². The quantitative estimate of drug-likeness (QED) is 0.714. The highest BCUT2D eigenvalue weighted by molar-refractivity contribution is 5.88. The van der Waals surface area contributed by atoms with E-state index in [1.807, 2.05) is 62.4 Å². The molecule has 1 aliphatic rings. The number of ether oxygens (including phenoxy) is 1. The van der Waals surface area contributed by atoms with E-state index in [0.717, 1.165) is 42.4 Å². The Morgan fingerprint density at radius 1 is 1.07 bits per heavy atom. The third-order valence-electron chi connectivity index (χ3n) is 5.85. The summed E-state index contributed by atoms with van der Waals surface area (Å²) in [4.78, 5) is 27.6. The zero-order chi connectivity index (χ0) is 21.5. The first-order chi connectivity index (χ1) is 14.4. The molecule has 1 fully saturated rings. The molecule has 2 aromatic rings. The van der Waals surface area contributed by atoms with Gasteiger partial charge in [-0.15, -0.1) is 0 Å². The van der Waals surface area contributed by atoms with Crippen molar-refractivity contribution in [3.8, 4) is 5.75 Å². The van der Waals surface area contributed by atoms with Gasteiger partial charge in [0.25, 0.3) is 5.91 Å². The standard InChI is InChI=1S/C25H32N2O3/c1-18-12-14-23(15-13-18)30-17-24(28)27(16-21-9-5-4-8-19(21)2)20(3)25(29)26-22-10-6-7-11-22/h4-5,8-9,12-15,20,22H,6-7,10-11,16-17H2,1-3H3,(H,26,29). The van der Waals surface area contributed by atoms with Crippen molar-refractivity contribution in [2.75, 3.05) is 6.61 Å². The molecule has 2 aromatic carbocycles. The van der Waals surface area contributed by atoms with Crippen LogP contribution in [0.1, 0.15) is 49.3 Å². The van der Waals surface area contributed by atoms with Crippen molar-refractivity contribution in [3.05, 3.63) is 65.2 Å². The van der Waals surface area contributed by atoms with Crippen molar-refractivity contribution in [2.45, 2.75) is 65.1 Å². The van der Waals surface area contributed by atoms with Crippen molar-refractivity contribution in [3.63, 3.8) is 0 Å². The molecule has 3 rings (SSSR count). The number of aryl methyl sites for hydroxylation is 2. The average Bonchev–Trinajstić information content (AvgIpc) is 3.25. The number of rotatable bonds is 8. The number of nitrogens with one attached hydrogen (secondary N) is 1. The van der Waals surface area contributed by atoms with Gasteiger partial charge in [-0.2, -0.15) is 0 Å². The van der Waals surface area contributed by atoms with E-state index in [1.54, 1.807) is 11.8 Å². The Morgan fingerprint density at radius 3 is 2.40 bits per heavy atom. The lowest BCUT2D eigenvalue weighted by atomic mass is 10.1. The Bertz CT molecular complexity index is 857. The summed E-state index contributed by atoms with van der Waals surface area (Å²) in [5.74, 6) is 0.347. The summed E-state index contributed by atoms with van der Waals surface area (Å²) in [7, 11) is 0. The largest absolute Gasteiger partial charge is 0.484 e. The molecule has 0 saturated heterocycles. The molecule has 1 N–H and O–H groups in total. The van der Waals surface area contributed by atoms with Gasteiger partial charge in [0.15, 0.2) is 6.61 Å². The van der Waals surface area contributed by atoms with Crippen LogP contribution in [0.4, 0.5) is 0 Å². The van der Waals surface area contributed by atoms with Crippen LogP contribution >= 0.6 is 0 Å². The summed E-state index contributed by atoms with van der Waals surface area (Å²) in [6.07, 6.45) is 4.33. The molecule has 160 valence electrons. The van der Waals surface area contributed by atoms with E-state index >= 15 is 0 Å². The highest BCUT2D eigenvalue weighted by Crippen LogP contribution is 2.19. The molecule has 1 aliphatic carbocycles. The summed E-state index contributed by atoms with van der Waals surface area (Å²) in [6, 6.07) is 15.2. The first kappa shape index (κ1) is 21.9. The zero-order valence-electron chi connectivity index (χ0n) is 18.2. The number of amides is 2. The Labute approximate surface area is 179 Å². The molecule has 5 nitrogen and oxygen atoms in total. The van der Waals surface area contributed by atoms with Gasteiger partial charge in [-0.05, 0) is 56.9 Å². The number of carbonyl (C=O) groups excluding carboxylic acids is 2. The van der Waals surface area contributed by atoms with Gasteiger partial charge in [0.05, 0.1) is 0 Å². The summed E-state index contributed by atoms with van der Waals surface area (Å²) >= 11 is 0. The van der Waals surface area contributed by atoms with E-state index in [2.05, 4.69) is 5.32 Å². The minimum atomic E-state index is -0.570. The summed E-state index contributed by atoms with van der Waals surface area (Å²) in [6.45, 7) is 6.10. The van der Waals surface area contributed by atoms with Crippen LogP contribution in [0.3, 0.4) is 0 Å². The molecule has 0 aliphatic heterocycles. The fraction of sp³-hybridized carbons (Fsp3) is 0.440. The van der Waals surface area contributed by atoms with Gasteiger partial charge in [0.2, 0.25) is 5.91 Å². The Morgan fingerprint density at radius 2 is 1.73 bits per heavy atom. The second kappa shape index (κ2) is 10.3. The van der Waals surface area contributed by atoms with Crippen LogP contribution in [0, 0.1) is 13.8 Å². The van der Waals surface area contributed by atoms with Gasteiger partial charge in [-0.25, -0.2) is 0 Å². The molecule has 0 bridgehead atoms. The van der Waals surface area contributed by atoms with E-state index in [-0.39, 0.29) is 24.5 Å². The maximum Gasteiger partial charge on any atom is 0.261 e. The van der Waals surface area contributed by atoms with Crippen molar-refractivity contribution in [2.24, 2.45) is 0 Å². The molecule has 0 heterocycles. The molecule has 1 unspecified atom stereocenters. The lowest BCUT2D eigenvalue weighted by Crippen LogP contribution is -2.50. The average molecular weight is 409 g/mol. The van der Waals surface area contributed by atoms with Crippen LogP contribution in [0.5, 0.6) is 5.75 Å². The van der Waals surface area contributed by atoms with Crippen LogP contribution in [-0.4, -0.2) is 35.4 Å². The van der Waals surface area contributed by atoms with Gasteiger partial charge in [0, 0.05) is 12.6 Å². The lowest BCUT2D eigenvalue weighted by molar-refractivity contribution is -0.142. The monoisotopic (exact) mass is 408 g/mol. The van der Waals surface area contributed by atoms with Gasteiger partial charge in [-0.1, -0.05) is 54.8 Å². The first-order valence-corrected chi connectivity index (χ1v) is 10.8. The topological polar surface area (TPSA) is 58.6 Å². The van der Waals surface area contributed by atoms with Crippen LogP contribution < -0.4 is 10.1 Å². The van der Waals surface area contributed by atoms with E-state index < -0.39 is 6.04 Å². The third kappa shape index (κ3) is 5.85. The Hall–Kier alpha value is -2.82. The number of hydrogen-bond acceptors (Lipinski definition) is 3. The minimum absolute atomic E-state index is 0.0980. The summed E-state index contributed by atoms with van der Waals surface area (Å²) in [5.41, 5.74) is 3.26. The predicted molar refractivity (Wildman–Crippen MR) is 118 cm³/mol. The van der Waals surface area contributed by atoms with Crippen molar-refractivity contribution >= 4 is 11.8 Å². The van der Waals surface area contributed by atoms with E-state index in [9.17, 15) is 9.59 Å². The zero-order valence-corrected chi connectivity index (χ0v) is 18.2.